The van der Waals surface area contributed by atoms with Crippen LogP contribution in [0.4, 0.5) is 11.5 Å². The first-order valence-electron chi connectivity index (χ1n) is 21.1. The topological polar surface area (TPSA) is 177 Å². The normalized spacial score (nSPS) is 26.1. The fraction of sp³-hybridized carbons (Fsp3) is 0.467. The van der Waals surface area contributed by atoms with Gasteiger partial charge in [0.05, 0.1) is 22.5 Å². The molecule has 7 heterocycles. The molecule has 2 aromatic carbocycles. The molecular formula is C45H48N10O5. The van der Waals surface area contributed by atoms with Gasteiger partial charge in [0, 0.05) is 87.0 Å². The Bertz CT molecular complexity index is 2490. The molecule has 15 heteroatoms. The Morgan fingerprint density at radius 1 is 0.950 bits per heavy atom. The minimum absolute atomic E-state index is 0.146. The lowest BCUT2D eigenvalue weighted by Gasteiger charge is -2.66. The minimum atomic E-state index is -0.610. The number of piperazine rings is 1. The van der Waals surface area contributed by atoms with Crippen LogP contribution in [0.3, 0.4) is 0 Å². The molecule has 0 spiro atoms. The van der Waals surface area contributed by atoms with Crippen LogP contribution in [0.25, 0.3) is 10.9 Å². The molecular weight excluding hydrogens is 761 g/mol. The van der Waals surface area contributed by atoms with Crippen molar-refractivity contribution < 1.29 is 23.9 Å². The highest BCUT2D eigenvalue weighted by molar-refractivity contribution is 6.05. The third kappa shape index (κ3) is 6.05. The van der Waals surface area contributed by atoms with Gasteiger partial charge in [-0.05, 0) is 91.8 Å². The quantitative estimate of drug-likeness (QED) is 0.260. The molecule has 1 aliphatic carbocycles. The maximum atomic E-state index is 13.7. The Labute approximate surface area is 348 Å². The maximum Gasteiger partial charge on any atom is 0.272 e. The van der Waals surface area contributed by atoms with Gasteiger partial charge in [-0.2, -0.15) is 5.26 Å². The average molecular weight is 809 g/mol. The number of pyridine rings is 1. The van der Waals surface area contributed by atoms with E-state index >= 15 is 0 Å². The monoisotopic (exact) mass is 808 g/mol. The van der Waals surface area contributed by atoms with E-state index < -0.39 is 17.4 Å². The number of nitrogens with one attached hydrogen (secondary N) is 2. The van der Waals surface area contributed by atoms with Crippen LogP contribution in [0.5, 0.6) is 5.75 Å². The summed E-state index contributed by atoms with van der Waals surface area (Å²) in [7, 11) is 0. The van der Waals surface area contributed by atoms with Crippen LogP contribution < -0.4 is 25.2 Å². The van der Waals surface area contributed by atoms with Crippen molar-refractivity contribution in [3.05, 3.63) is 82.7 Å². The van der Waals surface area contributed by atoms with Crippen LogP contribution >= 0.6 is 0 Å². The van der Waals surface area contributed by atoms with Crippen molar-refractivity contribution in [1.82, 2.24) is 35.6 Å². The number of hydrogen-bond acceptors (Lipinski definition) is 12. The number of rotatable bonds is 7. The molecule has 1 saturated carbocycles. The molecule has 5 aliphatic heterocycles. The number of carbonyl (C=O) groups is 4. The smallest absolute Gasteiger partial charge is 0.272 e. The molecule has 3 saturated heterocycles. The summed E-state index contributed by atoms with van der Waals surface area (Å²) in [6.07, 6.45) is 4.25. The van der Waals surface area contributed by atoms with E-state index in [1.165, 1.54) is 0 Å². The van der Waals surface area contributed by atoms with E-state index in [2.05, 4.69) is 73.4 Å². The van der Waals surface area contributed by atoms with E-state index in [1.54, 1.807) is 23.2 Å². The molecule has 2 aromatic heterocycles. The zero-order chi connectivity index (χ0) is 41.5. The van der Waals surface area contributed by atoms with Gasteiger partial charge in [-0.3, -0.25) is 34.4 Å². The molecule has 0 bridgehead atoms. The number of amides is 4. The molecule has 0 radical (unpaired) electrons. The lowest BCUT2D eigenvalue weighted by Crippen LogP contribution is -2.78. The number of fused-ring (bicyclic) bond motifs is 3. The molecule has 4 amide bonds. The summed E-state index contributed by atoms with van der Waals surface area (Å²) in [5, 5.41) is 25.1. The van der Waals surface area contributed by atoms with Crippen molar-refractivity contribution in [3.8, 4) is 11.8 Å². The van der Waals surface area contributed by atoms with Gasteiger partial charge in [0.2, 0.25) is 11.8 Å². The summed E-state index contributed by atoms with van der Waals surface area (Å²) < 4.78 is 6.57. The Balaban J connectivity index is 0.713. The second-order valence-corrected chi connectivity index (χ2v) is 18.0. The first-order chi connectivity index (χ1) is 28.9. The number of aromatic nitrogens is 3. The van der Waals surface area contributed by atoms with Crippen molar-refractivity contribution >= 4 is 46.0 Å². The highest BCUT2D eigenvalue weighted by Crippen LogP contribution is 2.61. The molecule has 15 nitrogen and oxygen atoms in total. The average Bonchev–Trinajstić information content (AvgIpc) is 3.59. The molecule has 308 valence electrons. The van der Waals surface area contributed by atoms with Gasteiger partial charge in [-0.1, -0.05) is 13.8 Å². The van der Waals surface area contributed by atoms with Crippen LogP contribution in [0, 0.1) is 22.7 Å². The Kier molecular flexibility index (Phi) is 9.05. The third-order valence-electron chi connectivity index (χ3n) is 14.2. The van der Waals surface area contributed by atoms with E-state index in [-0.39, 0.29) is 47.4 Å². The van der Waals surface area contributed by atoms with Gasteiger partial charge in [-0.25, -0.2) is 0 Å². The molecule has 4 aromatic rings. The number of nitrogens with zero attached hydrogens (tertiary/aromatic N) is 8. The van der Waals surface area contributed by atoms with Gasteiger partial charge in [0.25, 0.3) is 11.8 Å². The van der Waals surface area contributed by atoms with Crippen molar-refractivity contribution in [2.75, 3.05) is 55.6 Å². The molecule has 4 fully saturated rings. The largest absolute Gasteiger partial charge is 0.488 e. The first-order valence-corrected chi connectivity index (χ1v) is 21.1. The van der Waals surface area contributed by atoms with Crippen LogP contribution in [-0.2, 0) is 21.5 Å². The maximum absolute atomic E-state index is 13.7. The second-order valence-electron chi connectivity index (χ2n) is 18.0. The number of ether oxygens (including phenoxy) is 1. The van der Waals surface area contributed by atoms with Gasteiger partial charge >= 0.3 is 0 Å². The summed E-state index contributed by atoms with van der Waals surface area (Å²) in [6, 6.07) is 16.6. The van der Waals surface area contributed by atoms with Crippen LogP contribution in [-0.4, -0.2) is 113 Å². The summed E-state index contributed by atoms with van der Waals surface area (Å²) in [6.45, 7) is 13.2. The van der Waals surface area contributed by atoms with Gasteiger partial charge in [0.15, 0.2) is 11.5 Å². The predicted molar refractivity (Wildman–Crippen MR) is 221 cm³/mol. The molecule has 1 unspecified atom stereocenters. The van der Waals surface area contributed by atoms with Crippen molar-refractivity contribution in [2.45, 2.75) is 76.6 Å². The van der Waals surface area contributed by atoms with Gasteiger partial charge in [0.1, 0.15) is 24.0 Å². The summed E-state index contributed by atoms with van der Waals surface area (Å²) >= 11 is 0. The number of piperidine rings is 2. The lowest BCUT2D eigenvalue weighted by atomic mass is 9.45. The number of nitriles is 1. The highest BCUT2D eigenvalue weighted by atomic mass is 16.5. The Morgan fingerprint density at radius 3 is 2.48 bits per heavy atom. The lowest BCUT2D eigenvalue weighted by molar-refractivity contribution is -0.136. The number of imide groups is 1. The molecule has 6 aliphatic rings. The minimum Gasteiger partial charge on any atom is -0.488 e. The fourth-order valence-electron chi connectivity index (χ4n) is 11.1. The second kappa shape index (κ2) is 14.3. The van der Waals surface area contributed by atoms with E-state index in [9.17, 15) is 24.4 Å². The standard InChI is InChI=1S/C45H48N10O5/c1-44(2)42(45(3)31-12-15-47-38-27(23-46)4-9-34(37(31)38)60-43(44)45)49-39(57)32-7-10-35(51-50-32)54-16-13-26(14-17-54)24-52-18-20-53(21-19-52)29-5-6-30-28(22-29)25-55(41(30)59)33-8-11-36(56)48-40(33)58/h4-7,9-10,12,15,22,26,33,42-43H,8,11,13-14,16-21,24-25H2,1-3H3,(H,49,57)(H,48,56,58)/t33-,42-,43-,45?/m0/s1. The SMILES string of the molecule is CC1(C)[C@H](NC(=O)c2ccc(N3CCC(CN4CCN(c5ccc6c(c5)CN([C@H]5CCC(=O)NC5=O)C6=O)CC4)CC3)nn2)C2(C)c3ccnc4c(C#N)ccc(c34)O[C@@H]12. The van der Waals surface area contributed by atoms with Crippen molar-refractivity contribution in [1.29, 1.82) is 5.26 Å². The van der Waals surface area contributed by atoms with Crippen molar-refractivity contribution in [3.63, 3.8) is 0 Å². The summed E-state index contributed by atoms with van der Waals surface area (Å²) in [5.74, 6) is 0.965. The number of hydrogen-bond donors (Lipinski definition) is 2. The van der Waals surface area contributed by atoms with Crippen molar-refractivity contribution in [2.24, 2.45) is 11.3 Å². The zero-order valence-electron chi connectivity index (χ0n) is 34.1. The number of anilines is 2. The van der Waals surface area contributed by atoms with E-state index in [4.69, 9.17) is 4.74 Å². The van der Waals surface area contributed by atoms with E-state index in [0.717, 1.165) is 86.7 Å². The van der Waals surface area contributed by atoms with E-state index in [0.29, 0.717) is 41.3 Å². The highest BCUT2D eigenvalue weighted by Gasteiger charge is 2.69. The molecule has 2 N–H and O–H groups in total. The molecule has 60 heavy (non-hydrogen) atoms. The molecule has 10 rings (SSSR count). The summed E-state index contributed by atoms with van der Waals surface area (Å²) in [5.41, 5.74) is 4.13. The number of benzene rings is 2. The molecule has 4 atom stereocenters. The van der Waals surface area contributed by atoms with Crippen LogP contribution in [0.1, 0.15) is 84.0 Å². The summed E-state index contributed by atoms with van der Waals surface area (Å²) in [4.78, 5) is 64.3. The van der Waals surface area contributed by atoms with Crippen LogP contribution in [0.15, 0.2) is 54.7 Å². The van der Waals surface area contributed by atoms with Crippen LogP contribution in [0.2, 0.25) is 0 Å². The van der Waals surface area contributed by atoms with Gasteiger partial charge in [-0.15, -0.1) is 10.2 Å². The first kappa shape index (κ1) is 38.1. The van der Waals surface area contributed by atoms with Gasteiger partial charge < -0.3 is 24.8 Å². The zero-order valence-corrected chi connectivity index (χ0v) is 34.1. The fourth-order valence-corrected chi connectivity index (χ4v) is 11.1. The Hall–Kier alpha value is -6.14. The number of carbonyl (C=O) groups excluding carboxylic acids is 4. The van der Waals surface area contributed by atoms with E-state index in [1.807, 2.05) is 30.3 Å². The predicted octanol–water partition coefficient (Wildman–Crippen LogP) is 3.55. The third-order valence-corrected chi connectivity index (χ3v) is 14.2. The Morgan fingerprint density at radius 2 is 1.75 bits per heavy atom.